The molecule has 2 heterocycles. The highest BCUT2D eigenvalue weighted by Crippen LogP contribution is 2.24. The van der Waals surface area contributed by atoms with Crippen molar-refractivity contribution in [1.29, 1.82) is 0 Å². The number of piperidine rings is 1. The molecule has 0 saturated carbocycles. The summed E-state index contributed by atoms with van der Waals surface area (Å²) in [6, 6.07) is 4.41. The molecule has 1 aromatic heterocycles. The van der Waals surface area contributed by atoms with Crippen LogP contribution < -0.4 is 10.6 Å². The van der Waals surface area contributed by atoms with E-state index in [0.29, 0.717) is 11.9 Å². The van der Waals surface area contributed by atoms with Crippen molar-refractivity contribution in [3.63, 3.8) is 0 Å². The topological polar surface area (TPSA) is 55.0 Å². The normalized spacial score (nSPS) is 21.7. The molecule has 4 heteroatoms. The minimum atomic E-state index is 0.490. The van der Waals surface area contributed by atoms with Crippen LogP contribution in [0.15, 0.2) is 12.1 Å². The Morgan fingerprint density at radius 1 is 1.40 bits per heavy atom. The van der Waals surface area contributed by atoms with E-state index < -0.39 is 0 Å². The van der Waals surface area contributed by atoms with Gasteiger partial charge in [0.2, 0.25) is 0 Å². The molecule has 0 spiro atoms. The molecule has 1 saturated heterocycles. The molecule has 4 nitrogen and oxygen atoms in total. The molecular weight excluding hydrogens is 188 g/mol. The van der Waals surface area contributed by atoms with Crippen LogP contribution in [0, 0.1) is 0 Å². The lowest BCUT2D eigenvalue weighted by molar-refractivity contribution is 0.445. The lowest BCUT2D eigenvalue weighted by atomic mass is 10.0. The van der Waals surface area contributed by atoms with Crippen LogP contribution in [-0.4, -0.2) is 22.8 Å². The molecule has 1 aliphatic rings. The van der Waals surface area contributed by atoms with Crippen molar-refractivity contribution >= 4 is 11.6 Å². The fourth-order valence-electron chi connectivity index (χ4n) is 2.22. The first kappa shape index (κ1) is 10.2. The summed E-state index contributed by atoms with van der Waals surface area (Å²) in [4.78, 5) is 2.36. The van der Waals surface area contributed by atoms with Gasteiger partial charge in [0.15, 0.2) is 5.82 Å². The van der Waals surface area contributed by atoms with Crippen molar-refractivity contribution in [3.05, 3.63) is 12.1 Å². The first-order valence-corrected chi connectivity index (χ1v) is 5.67. The van der Waals surface area contributed by atoms with Crippen LogP contribution in [0.25, 0.3) is 0 Å². The van der Waals surface area contributed by atoms with Crippen molar-refractivity contribution in [2.75, 3.05) is 17.2 Å². The molecule has 1 aromatic rings. The average molecular weight is 206 g/mol. The molecule has 0 aromatic carbocycles. The van der Waals surface area contributed by atoms with Gasteiger partial charge in [0, 0.05) is 12.6 Å². The van der Waals surface area contributed by atoms with Crippen LogP contribution in [0.2, 0.25) is 0 Å². The quantitative estimate of drug-likeness (QED) is 0.802. The predicted molar refractivity (Wildman–Crippen MR) is 61.7 cm³/mol. The smallest absolute Gasteiger partial charge is 0.151 e. The van der Waals surface area contributed by atoms with E-state index >= 15 is 0 Å². The van der Waals surface area contributed by atoms with E-state index in [2.05, 4.69) is 22.0 Å². The summed E-state index contributed by atoms with van der Waals surface area (Å²) < 4.78 is 0. The zero-order valence-corrected chi connectivity index (χ0v) is 9.19. The van der Waals surface area contributed by atoms with E-state index in [0.717, 1.165) is 12.4 Å². The van der Waals surface area contributed by atoms with Crippen molar-refractivity contribution in [2.24, 2.45) is 0 Å². The predicted octanol–water partition coefficient (Wildman–Crippen LogP) is 1.83. The Morgan fingerprint density at radius 3 is 2.93 bits per heavy atom. The Balaban J connectivity index is 2.16. The highest BCUT2D eigenvalue weighted by Gasteiger charge is 2.21. The lowest BCUT2D eigenvalue weighted by Gasteiger charge is -2.35. The molecule has 1 atom stereocenters. The molecule has 1 aliphatic heterocycles. The Hall–Kier alpha value is -1.32. The van der Waals surface area contributed by atoms with Crippen LogP contribution in [-0.2, 0) is 0 Å². The third-order valence-corrected chi connectivity index (χ3v) is 3.06. The van der Waals surface area contributed by atoms with Gasteiger partial charge < -0.3 is 10.6 Å². The first-order valence-electron chi connectivity index (χ1n) is 5.67. The van der Waals surface area contributed by atoms with Gasteiger partial charge >= 0.3 is 0 Å². The van der Waals surface area contributed by atoms with E-state index in [4.69, 9.17) is 5.73 Å². The van der Waals surface area contributed by atoms with Gasteiger partial charge in [-0.3, -0.25) is 0 Å². The van der Waals surface area contributed by atoms with Gasteiger partial charge in [-0.1, -0.05) is 6.92 Å². The van der Waals surface area contributed by atoms with E-state index in [1.165, 1.54) is 25.7 Å². The molecule has 0 radical (unpaired) electrons. The Bertz CT molecular complexity index is 309. The number of nitrogen functional groups attached to an aromatic ring is 1. The summed E-state index contributed by atoms with van der Waals surface area (Å²) in [6.45, 7) is 3.32. The maximum atomic E-state index is 5.53. The van der Waals surface area contributed by atoms with Gasteiger partial charge in [-0.2, -0.15) is 0 Å². The summed E-state index contributed by atoms with van der Waals surface area (Å²) in [6.07, 6.45) is 5.02. The summed E-state index contributed by atoms with van der Waals surface area (Å²) in [5.41, 5.74) is 5.53. The summed E-state index contributed by atoms with van der Waals surface area (Å²) in [5.74, 6) is 1.46. The van der Waals surface area contributed by atoms with Gasteiger partial charge in [0.25, 0.3) is 0 Å². The van der Waals surface area contributed by atoms with Crippen LogP contribution in [0.4, 0.5) is 11.6 Å². The fraction of sp³-hybridized carbons (Fsp3) is 0.636. The van der Waals surface area contributed by atoms with E-state index in [9.17, 15) is 0 Å². The molecular formula is C11H18N4. The number of nitrogens with zero attached hydrogens (tertiary/aromatic N) is 3. The second kappa shape index (κ2) is 4.47. The van der Waals surface area contributed by atoms with Crippen LogP contribution >= 0.6 is 0 Å². The number of aromatic nitrogens is 2. The fourth-order valence-corrected chi connectivity index (χ4v) is 2.22. The third kappa shape index (κ3) is 2.19. The highest BCUT2D eigenvalue weighted by molar-refractivity contribution is 5.42. The maximum Gasteiger partial charge on any atom is 0.151 e. The van der Waals surface area contributed by atoms with Crippen molar-refractivity contribution in [1.82, 2.24) is 10.2 Å². The second-order valence-electron chi connectivity index (χ2n) is 4.07. The van der Waals surface area contributed by atoms with Gasteiger partial charge in [-0.05, 0) is 37.8 Å². The van der Waals surface area contributed by atoms with Gasteiger partial charge in [0.1, 0.15) is 5.82 Å². The number of nitrogens with two attached hydrogens (primary N) is 1. The Kier molecular flexibility index (Phi) is 3.04. The molecule has 0 amide bonds. The van der Waals surface area contributed by atoms with Crippen molar-refractivity contribution < 1.29 is 0 Å². The summed E-state index contributed by atoms with van der Waals surface area (Å²) in [5, 5.41) is 8.06. The van der Waals surface area contributed by atoms with Crippen molar-refractivity contribution in [2.45, 2.75) is 38.6 Å². The van der Waals surface area contributed by atoms with Crippen molar-refractivity contribution in [3.8, 4) is 0 Å². The first-order chi connectivity index (χ1) is 7.31. The Labute approximate surface area is 90.5 Å². The molecule has 2 rings (SSSR count). The van der Waals surface area contributed by atoms with Gasteiger partial charge in [0.05, 0.1) is 0 Å². The minimum absolute atomic E-state index is 0.490. The zero-order valence-electron chi connectivity index (χ0n) is 9.19. The highest BCUT2D eigenvalue weighted by atomic mass is 15.3. The van der Waals surface area contributed by atoms with E-state index in [1.54, 1.807) is 0 Å². The van der Waals surface area contributed by atoms with Crippen LogP contribution in [0.1, 0.15) is 32.6 Å². The summed E-state index contributed by atoms with van der Waals surface area (Å²) in [7, 11) is 0. The molecule has 1 fully saturated rings. The Morgan fingerprint density at radius 2 is 2.27 bits per heavy atom. The second-order valence-corrected chi connectivity index (χ2v) is 4.07. The molecule has 0 bridgehead atoms. The number of rotatable bonds is 2. The molecule has 0 unspecified atom stereocenters. The minimum Gasteiger partial charge on any atom is -0.382 e. The lowest BCUT2D eigenvalue weighted by Crippen LogP contribution is -2.39. The maximum absolute atomic E-state index is 5.53. The number of hydrogen-bond acceptors (Lipinski definition) is 4. The standard InChI is InChI=1S/C11H18N4/c1-2-9-5-3-4-8-15(9)11-7-6-10(12)13-14-11/h6-7,9H,2-5,8H2,1H3,(H2,12,13)/t9-/m0/s1. The van der Waals surface area contributed by atoms with Gasteiger partial charge in [-0.15, -0.1) is 10.2 Å². The molecule has 82 valence electrons. The SMILES string of the molecule is CC[C@H]1CCCCN1c1ccc(N)nn1. The zero-order chi connectivity index (χ0) is 10.7. The summed E-state index contributed by atoms with van der Waals surface area (Å²) >= 11 is 0. The third-order valence-electron chi connectivity index (χ3n) is 3.06. The average Bonchev–Trinajstić information content (AvgIpc) is 2.30. The number of hydrogen-bond donors (Lipinski definition) is 1. The van der Waals surface area contributed by atoms with Crippen LogP contribution in [0.3, 0.4) is 0 Å². The molecule has 15 heavy (non-hydrogen) atoms. The van der Waals surface area contributed by atoms with Gasteiger partial charge in [-0.25, -0.2) is 0 Å². The number of anilines is 2. The molecule has 2 N–H and O–H groups in total. The van der Waals surface area contributed by atoms with E-state index in [-0.39, 0.29) is 0 Å². The van der Waals surface area contributed by atoms with E-state index in [1.807, 2.05) is 12.1 Å². The largest absolute Gasteiger partial charge is 0.382 e. The monoisotopic (exact) mass is 206 g/mol. The van der Waals surface area contributed by atoms with Crippen LogP contribution in [0.5, 0.6) is 0 Å². The molecule has 0 aliphatic carbocycles.